The number of halogens is 1. The Morgan fingerprint density at radius 3 is 2.52 bits per heavy atom. The van der Waals surface area contributed by atoms with Crippen molar-refractivity contribution < 1.29 is 9.59 Å². The molecule has 1 aliphatic rings. The van der Waals surface area contributed by atoms with Crippen molar-refractivity contribution in [3.05, 3.63) is 70.7 Å². The van der Waals surface area contributed by atoms with Gasteiger partial charge in [-0.25, -0.2) is 4.79 Å². The third-order valence-corrected chi connectivity index (χ3v) is 3.93. The molecule has 2 aromatic rings. The van der Waals surface area contributed by atoms with Crippen LogP contribution >= 0.6 is 11.6 Å². The summed E-state index contributed by atoms with van der Waals surface area (Å²) >= 11 is 6.08. The summed E-state index contributed by atoms with van der Waals surface area (Å²) in [6, 6.07) is 15.8. The van der Waals surface area contributed by atoms with Gasteiger partial charge in [0, 0.05) is 11.6 Å². The molecule has 0 aromatic heterocycles. The zero-order valence-corrected chi connectivity index (χ0v) is 13.0. The molecule has 23 heavy (non-hydrogen) atoms. The SMILES string of the molecule is O=C1NC[C@@H](C(=O)N[C@@H](c2ccccc2)c2cccc(Cl)c2)N1. The van der Waals surface area contributed by atoms with Crippen molar-refractivity contribution in [3.8, 4) is 0 Å². The molecule has 6 heteroatoms. The minimum atomic E-state index is -0.576. The van der Waals surface area contributed by atoms with Gasteiger partial charge in [0.15, 0.2) is 0 Å². The number of nitrogens with one attached hydrogen (secondary N) is 3. The number of rotatable bonds is 4. The maximum absolute atomic E-state index is 12.4. The third-order valence-electron chi connectivity index (χ3n) is 3.69. The first-order valence-corrected chi connectivity index (χ1v) is 7.66. The maximum atomic E-state index is 12.4. The molecule has 3 rings (SSSR count). The minimum absolute atomic E-state index is 0.239. The standard InChI is InChI=1S/C17H16ClN3O2/c18-13-8-4-7-12(9-13)15(11-5-2-1-3-6-11)21-16(22)14-10-19-17(23)20-14/h1-9,14-15H,10H2,(H,21,22)(H2,19,20,23)/t14-,15-/m0/s1. The Labute approximate surface area is 139 Å². The van der Waals surface area contributed by atoms with Crippen LogP contribution in [0.15, 0.2) is 54.6 Å². The first-order chi connectivity index (χ1) is 11.1. The van der Waals surface area contributed by atoms with Gasteiger partial charge in [-0.05, 0) is 23.3 Å². The molecule has 0 saturated carbocycles. The molecule has 5 nitrogen and oxygen atoms in total. The van der Waals surface area contributed by atoms with Gasteiger partial charge in [0.2, 0.25) is 5.91 Å². The Hall–Kier alpha value is -2.53. The zero-order chi connectivity index (χ0) is 16.2. The summed E-state index contributed by atoms with van der Waals surface area (Å²) in [4.78, 5) is 23.6. The third kappa shape index (κ3) is 3.63. The molecule has 1 saturated heterocycles. The van der Waals surface area contributed by atoms with Gasteiger partial charge in [-0.1, -0.05) is 54.1 Å². The van der Waals surface area contributed by atoms with E-state index >= 15 is 0 Å². The van der Waals surface area contributed by atoms with E-state index in [2.05, 4.69) is 16.0 Å². The molecule has 0 aliphatic carbocycles. The van der Waals surface area contributed by atoms with Crippen LogP contribution in [0.1, 0.15) is 17.2 Å². The summed E-state index contributed by atoms with van der Waals surface area (Å²) in [7, 11) is 0. The Morgan fingerprint density at radius 1 is 1.13 bits per heavy atom. The molecule has 0 bridgehead atoms. The fourth-order valence-corrected chi connectivity index (χ4v) is 2.75. The van der Waals surface area contributed by atoms with Crippen molar-refractivity contribution in [1.82, 2.24) is 16.0 Å². The molecule has 0 spiro atoms. The fourth-order valence-electron chi connectivity index (χ4n) is 2.55. The van der Waals surface area contributed by atoms with E-state index in [1.807, 2.05) is 48.5 Å². The monoisotopic (exact) mass is 329 g/mol. The second-order valence-electron chi connectivity index (χ2n) is 5.31. The Morgan fingerprint density at radius 2 is 1.87 bits per heavy atom. The summed E-state index contributed by atoms with van der Waals surface area (Å²) in [6.45, 7) is 0.279. The zero-order valence-electron chi connectivity index (χ0n) is 12.3. The van der Waals surface area contributed by atoms with Crippen LogP contribution in [0.5, 0.6) is 0 Å². The molecular weight excluding hydrogens is 314 g/mol. The molecule has 3 N–H and O–H groups in total. The van der Waals surface area contributed by atoms with E-state index in [1.165, 1.54) is 0 Å². The Bertz CT molecular complexity index is 721. The fraction of sp³-hybridized carbons (Fsp3) is 0.176. The normalized spacial score (nSPS) is 18.0. The van der Waals surface area contributed by atoms with Crippen LogP contribution < -0.4 is 16.0 Å². The number of amides is 3. The Kier molecular flexibility index (Phi) is 4.48. The number of benzene rings is 2. The van der Waals surface area contributed by atoms with Crippen LogP contribution in [0.25, 0.3) is 0 Å². The molecule has 2 atom stereocenters. The molecule has 0 radical (unpaired) electrons. The summed E-state index contributed by atoms with van der Waals surface area (Å²) in [6.07, 6.45) is 0. The lowest BCUT2D eigenvalue weighted by atomic mass is 9.98. The summed E-state index contributed by atoms with van der Waals surface area (Å²) in [5, 5.41) is 8.76. The summed E-state index contributed by atoms with van der Waals surface area (Å²) < 4.78 is 0. The van der Waals surface area contributed by atoms with Crippen molar-refractivity contribution >= 4 is 23.5 Å². The average Bonchev–Trinajstić information content (AvgIpc) is 3.00. The summed E-state index contributed by atoms with van der Waals surface area (Å²) in [5.41, 5.74) is 1.83. The number of carbonyl (C=O) groups excluding carboxylic acids is 2. The number of hydrogen-bond donors (Lipinski definition) is 3. The van der Waals surface area contributed by atoms with Gasteiger partial charge in [-0.2, -0.15) is 0 Å². The van der Waals surface area contributed by atoms with Gasteiger partial charge < -0.3 is 16.0 Å². The lowest BCUT2D eigenvalue weighted by Crippen LogP contribution is -2.44. The topological polar surface area (TPSA) is 70.2 Å². The average molecular weight is 330 g/mol. The van der Waals surface area contributed by atoms with E-state index in [1.54, 1.807) is 6.07 Å². The predicted octanol–water partition coefficient (Wildman–Crippen LogP) is 2.23. The van der Waals surface area contributed by atoms with Crippen LogP contribution in [0, 0.1) is 0 Å². The van der Waals surface area contributed by atoms with E-state index in [-0.39, 0.29) is 24.5 Å². The van der Waals surface area contributed by atoms with Gasteiger partial charge in [0.1, 0.15) is 6.04 Å². The summed E-state index contributed by atoms with van der Waals surface area (Å²) in [5.74, 6) is -0.239. The molecule has 1 fully saturated rings. The largest absolute Gasteiger partial charge is 0.343 e. The highest BCUT2D eigenvalue weighted by molar-refractivity contribution is 6.30. The second-order valence-corrected chi connectivity index (χ2v) is 5.75. The highest BCUT2D eigenvalue weighted by Gasteiger charge is 2.29. The van der Waals surface area contributed by atoms with Crippen LogP contribution in [-0.2, 0) is 4.79 Å². The number of urea groups is 1. The number of carbonyl (C=O) groups is 2. The first-order valence-electron chi connectivity index (χ1n) is 7.28. The van der Waals surface area contributed by atoms with Crippen LogP contribution in [0.4, 0.5) is 4.79 Å². The van der Waals surface area contributed by atoms with Crippen LogP contribution in [-0.4, -0.2) is 24.5 Å². The maximum Gasteiger partial charge on any atom is 0.315 e. The molecule has 2 aromatic carbocycles. The van der Waals surface area contributed by atoms with E-state index in [0.717, 1.165) is 11.1 Å². The van der Waals surface area contributed by atoms with Gasteiger partial charge in [-0.3, -0.25) is 4.79 Å². The van der Waals surface area contributed by atoms with Crippen molar-refractivity contribution in [2.75, 3.05) is 6.54 Å². The molecule has 0 unspecified atom stereocenters. The van der Waals surface area contributed by atoms with Crippen LogP contribution in [0.2, 0.25) is 5.02 Å². The first kappa shape index (κ1) is 15.4. The van der Waals surface area contributed by atoms with Gasteiger partial charge in [-0.15, -0.1) is 0 Å². The molecule has 1 aliphatic heterocycles. The highest BCUT2D eigenvalue weighted by atomic mass is 35.5. The Balaban J connectivity index is 1.87. The van der Waals surface area contributed by atoms with E-state index in [0.29, 0.717) is 5.02 Å². The van der Waals surface area contributed by atoms with Gasteiger partial charge >= 0.3 is 6.03 Å². The van der Waals surface area contributed by atoms with Gasteiger partial charge in [0.05, 0.1) is 6.04 Å². The quantitative estimate of drug-likeness (QED) is 0.805. The molecule has 1 heterocycles. The van der Waals surface area contributed by atoms with Crippen molar-refractivity contribution in [1.29, 1.82) is 0 Å². The van der Waals surface area contributed by atoms with Crippen molar-refractivity contribution in [2.24, 2.45) is 0 Å². The minimum Gasteiger partial charge on any atom is -0.343 e. The lowest BCUT2D eigenvalue weighted by molar-refractivity contribution is -0.122. The lowest BCUT2D eigenvalue weighted by Gasteiger charge is -2.21. The second kappa shape index (κ2) is 6.71. The van der Waals surface area contributed by atoms with E-state index < -0.39 is 6.04 Å². The van der Waals surface area contributed by atoms with Crippen molar-refractivity contribution in [2.45, 2.75) is 12.1 Å². The van der Waals surface area contributed by atoms with Gasteiger partial charge in [0.25, 0.3) is 0 Å². The molecule has 3 amide bonds. The van der Waals surface area contributed by atoms with Crippen LogP contribution in [0.3, 0.4) is 0 Å². The molecular formula is C17H16ClN3O2. The van der Waals surface area contributed by atoms with Crippen molar-refractivity contribution in [3.63, 3.8) is 0 Å². The number of hydrogen-bond acceptors (Lipinski definition) is 2. The smallest absolute Gasteiger partial charge is 0.315 e. The molecule has 118 valence electrons. The highest BCUT2D eigenvalue weighted by Crippen LogP contribution is 2.24. The van der Waals surface area contributed by atoms with E-state index in [9.17, 15) is 9.59 Å². The van der Waals surface area contributed by atoms with E-state index in [4.69, 9.17) is 11.6 Å². The predicted molar refractivity (Wildman–Crippen MR) is 88.2 cm³/mol.